The van der Waals surface area contributed by atoms with E-state index in [4.69, 9.17) is 9.84 Å². The van der Waals surface area contributed by atoms with E-state index in [0.717, 1.165) is 11.3 Å². The maximum absolute atomic E-state index is 11.4. The molecule has 1 heterocycles. The Morgan fingerprint density at radius 1 is 1.56 bits per heavy atom. The first-order valence-corrected chi connectivity index (χ1v) is 5.74. The fourth-order valence-electron chi connectivity index (χ4n) is 1.98. The van der Waals surface area contributed by atoms with Crippen LogP contribution in [0.25, 0.3) is 0 Å². The third-order valence-electron chi connectivity index (χ3n) is 3.12. The summed E-state index contributed by atoms with van der Waals surface area (Å²) in [6, 6.07) is 5.44. The maximum Gasteiger partial charge on any atom is 0.303 e. The van der Waals surface area contributed by atoms with Crippen LogP contribution < -0.4 is 9.64 Å². The minimum atomic E-state index is -0.826. The minimum Gasteiger partial charge on any atom is -0.482 e. The second-order valence-corrected chi connectivity index (χ2v) is 4.47. The predicted octanol–water partition coefficient (Wildman–Crippen LogP) is 1.62. The number of carbonyl (C=O) groups excluding carboxylic acids is 1. The van der Waals surface area contributed by atoms with Crippen LogP contribution in [-0.4, -0.2) is 30.6 Å². The normalized spacial score (nSPS) is 15.9. The number of hydrogen-bond acceptors (Lipinski definition) is 3. The van der Waals surface area contributed by atoms with E-state index in [0.29, 0.717) is 5.75 Å². The number of aliphatic carboxylic acids is 1. The van der Waals surface area contributed by atoms with Crippen LogP contribution in [0.2, 0.25) is 0 Å². The van der Waals surface area contributed by atoms with Crippen molar-refractivity contribution >= 4 is 17.6 Å². The summed E-state index contributed by atoms with van der Waals surface area (Å²) in [5, 5.41) is 8.78. The Labute approximate surface area is 105 Å². The molecule has 5 nitrogen and oxygen atoms in total. The molecule has 1 aliphatic rings. The van der Waals surface area contributed by atoms with Crippen LogP contribution in [0.4, 0.5) is 5.69 Å². The van der Waals surface area contributed by atoms with E-state index in [-0.39, 0.29) is 24.9 Å². The van der Waals surface area contributed by atoms with Gasteiger partial charge in [-0.25, -0.2) is 0 Å². The molecule has 1 atom stereocenters. The predicted molar refractivity (Wildman–Crippen MR) is 66.0 cm³/mol. The summed E-state index contributed by atoms with van der Waals surface area (Å²) in [7, 11) is 1.70. The highest BCUT2D eigenvalue weighted by molar-refractivity contribution is 5.97. The molecule has 0 spiro atoms. The number of anilines is 1. The number of fused-ring (bicyclic) bond motifs is 1. The summed E-state index contributed by atoms with van der Waals surface area (Å²) in [4.78, 5) is 23.7. The van der Waals surface area contributed by atoms with Crippen molar-refractivity contribution in [1.82, 2.24) is 0 Å². The zero-order valence-electron chi connectivity index (χ0n) is 10.3. The second-order valence-electron chi connectivity index (χ2n) is 4.47. The van der Waals surface area contributed by atoms with Crippen LogP contribution in [0.5, 0.6) is 5.75 Å². The number of likely N-dealkylation sites (N-methyl/N-ethyl adjacent to an activating group) is 1. The standard InChI is InChI=1S/C13H15NO4/c1-8(5-13(16)17)9-3-4-10-11(6-9)18-7-12(15)14(10)2/h3-4,6,8H,5,7H2,1-2H3,(H,16,17). The zero-order valence-corrected chi connectivity index (χ0v) is 10.3. The SMILES string of the molecule is CC(CC(=O)O)c1ccc2c(c1)OCC(=O)N2C. The molecule has 0 saturated carbocycles. The molecule has 0 fully saturated rings. The molecule has 0 bridgehead atoms. The minimum absolute atomic E-state index is 0.0280. The number of ether oxygens (including phenoxy) is 1. The van der Waals surface area contributed by atoms with Crippen molar-refractivity contribution in [1.29, 1.82) is 0 Å². The van der Waals surface area contributed by atoms with Crippen molar-refractivity contribution in [2.45, 2.75) is 19.3 Å². The summed E-state index contributed by atoms with van der Waals surface area (Å²) >= 11 is 0. The molecule has 1 aliphatic heterocycles. The monoisotopic (exact) mass is 249 g/mol. The zero-order chi connectivity index (χ0) is 13.3. The van der Waals surface area contributed by atoms with E-state index < -0.39 is 5.97 Å². The van der Waals surface area contributed by atoms with E-state index in [1.807, 2.05) is 19.1 Å². The largest absolute Gasteiger partial charge is 0.482 e. The fraction of sp³-hybridized carbons (Fsp3) is 0.385. The molecule has 0 aliphatic carbocycles. The lowest BCUT2D eigenvalue weighted by atomic mass is 9.97. The number of carbonyl (C=O) groups is 2. The molecule has 1 amide bonds. The Morgan fingerprint density at radius 2 is 2.28 bits per heavy atom. The molecule has 1 aromatic carbocycles. The van der Waals surface area contributed by atoms with Gasteiger partial charge in [-0.1, -0.05) is 13.0 Å². The number of hydrogen-bond donors (Lipinski definition) is 1. The van der Waals surface area contributed by atoms with Gasteiger partial charge in [-0.3, -0.25) is 9.59 Å². The van der Waals surface area contributed by atoms with Crippen molar-refractivity contribution in [3.63, 3.8) is 0 Å². The molecule has 0 radical (unpaired) electrons. The summed E-state index contributed by atoms with van der Waals surface area (Å²) in [6.45, 7) is 1.88. The first-order valence-electron chi connectivity index (χ1n) is 5.74. The fourth-order valence-corrected chi connectivity index (χ4v) is 1.98. The number of rotatable bonds is 3. The number of nitrogens with zero attached hydrogens (tertiary/aromatic N) is 1. The van der Waals surface area contributed by atoms with E-state index in [1.54, 1.807) is 18.0 Å². The van der Waals surface area contributed by atoms with Crippen LogP contribution in [0, 0.1) is 0 Å². The first kappa shape index (κ1) is 12.4. The van der Waals surface area contributed by atoms with Crippen LogP contribution in [0.1, 0.15) is 24.8 Å². The van der Waals surface area contributed by atoms with Gasteiger partial charge in [-0.05, 0) is 23.6 Å². The summed E-state index contributed by atoms with van der Waals surface area (Å²) in [5.41, 5.74) is 1.62. The lowest BCUT2D eigenvalue weighted by Crippen LogP contribution is -2.35. The van der Waals surface area contributed by atoms with Crippen LogP contribution in [0.15, 0.2) is 18.2 Å². The Bertz CT molecular complexity index is 498. The molecule has 18 heavy (non-hydrogen) atoms. The van der Waals surface area contributed by atoms with E-state index in [1.165, 1.54) is 0 Å². The summed E-state index contributed by atoms with van der Waals surface area (Å²) < 4.78 is 5.36. The van der Waals surface area contributed by atoms with Gasteiger partial charge >= 0.3 is 5.97 Å². The third-order valence-corrected chi connectivity index (χ3v) is 3.12. The van der Waals surface area contributed by atoms with Crippen molar-refractivity contribution in [2.24, 2.45) is 0 Å². The van der Waals surface area contributed by atoms with Crippen molar-refractivity contribution in [3.8, 4) is 5.75 Å². The maximum atomic E-state index is 11.4. The van der Waals surface area contributed by atoms with Gasteiger partial charge in [0.25, 0.3) is 5.91 Å². The lowest BCUT2D eigenvalue weighted by molar-refractivity contribution is -0.137. The van der Waals surface area contributed by atoms with Gasteiger partial charge < -0.3 is 14.7 Å². The van der Waals surface area contributed by atoms with E-state index in [2.05, 4.69) is 0 Å². The van der Waals surface area contributed by atoms with E-state index >= 15 is 0 Å². The number of carboxylic acid groups (broad SMARTS) is 1. The smallest absolute Gasteiger partial charge is 0.303 e. The molecule has 2 rings (SSSR count). The Kier molecular flexibility index (Phi) is 3.23. The van der Waals surface area contributed by atoms with Crippen molar-refractivity contribution in [2.75, 3.05) is 18.6 Å². The number of carboxylic acids is 1. The molecule has 1 unspecified atom stereocenters. The number of amides is 1. The average Bonchev–Trinajstić information content (AvgIpc) is 2.32. The lowest BCUT2D eigenvalue weighted by Gasteiger charge is -2.26. The highest BCUT2D eigenvalue weighted by Crippen LogP contribution is 2.34. The first-order chi connectivity index (χ1) is 8.49. The molecule has 1 aromatic rings. The van der Waals surface area contributed by atoms with Crippen LogP contribution in [-0.2, 0) is 9.59 Å². The topological polar surface area (TPSA) is 66.8 Å². The second kappa shape index (κ2) is 4.68. The molecule has 96 valence electrons. The Balaban J connectivity index is 2.28. The molecular formula is C13H15NO4. The van der Waals surface area contributed by atoms with Gasteiger partial charge in [0, 0.05) is 7.05 Å². The van der Waals surface area contributed by atoms with Gasteiger partial charge in [0.2, 0.25) is 0 Å². The Morgan fingerprint density at radius 3 is 2.94 bits per heavy atom. The van der Waals surface area contributed by atoms with Crippen molar-refractivity contribution < 1.29 is 19.4 Å². The molecule has 5 heteroatoms. The van der Waals surface area contributed by atoms with Crippen molar-refractivity contribution in [3.05, 3.63) is 23.8 Å². The average molecular weight is 249 g/mol. The van der Waals surface area contributed by atoms with Gasteiger partial charge in [-0.15, -0.1) is 0 Å². The Hall–Kier alpha value is -2.04. The van der Waals surface area contributed by atoms with Gasteiger partial charge in [0.1, 0.15) is 5.75 Å². The summed E-state index contributed by atoms with van der Waals surface area (Å²) in [5.74, 6) is -0.367. The van der Waals surface area contributed by atoms with Crippen LogP contribution >= 0.6 is 0 Å². The summed E-state index contributed by atoms with van der Waals surface area (Å²) in [6.07, 6.45) is 0.0769. The van der Waals surface area contributed by atoms with Gasteiger partial charge in [-0.2, -0.15) is 0 Å². The van der Waals surface area contributed by atoms with E-state index in [9.17, 15) is 9.59 Å². The van der Waals surface area contributed by atoms with Gasteiger partial charge in [0.15, 0.2) is 6.61 Å². The molecule has 0 saturated heterocycles. The third kappa shape index (κ3) is 2.30. The number of benzene rings is 1. The van der Waals surface area contributed by atoms with Gasteiger partial charge in [0.05, 0.1) is 12.1 Å². The highest BCUT2D eigenvalue weighted by Gasteiger charge is 2.23. The highest BCUT2D eigenvalue weighted by atomic mass is 16.5. The van der Waals surface area contributed by atoms with Crippen LogP contribution in [0.3, 0.4) is 0 Å². The molecule has 1 N–H and O–H groups in total. The molecule has 0 aromatic heterocycles. The molecular weight excluding hydrogens is 234 g/mol. The quantitative estimate of drug-likeness (QED) is 0.884.